The highest BCUT2D eigenvalue weighted by molar-refractivity contribution is 6.20. The average molecular weight is 335 g/mol. The maximum absolute atomic E-state index is 4.91. The van der Waals surface area contributed by atoms with Crippen LogP contribution in [-0.4, -0.2) is 4.98 Å². The van der Waals surface area contributed by atoms with Crippen molar-refractivity contribution in [2.45, 2.75) is 20.3 Å². The van der Waals surface area contributed by atoms with Crippen LogP contribution < -0.4 is 0 Å². The van der Waals surface area contributed by atoms with E-state index in [1.54, 1.807) is 0 Å². The molecule has 4 aromatic carbocycles. The zero-order valence-electron chi connectivity index (χ0n) is 15.2. The number of pyridine rings is 1. The van der Waals surface area contributed by atoms with Crippen molar-refractivity contribution in [3.63, 3.8) is 0 Å². The number of hydrogen-bond acceptors (Lipinski definition) is 1. The van der Waals surface area contributed by atoms with Crippen LogP contribution in [0.2, 0.25) is 0 Å². The molecule has 0 unspecified atom stereocenters. The molecule has 1 aromatic heterocycles. The van der Waals surface area contributed by atoms with Gasteiger partial charge in [0.25, 0.3) is 0 Å². The van der Waals surface area contributed by atoms with Gasteiger partial charge in [0.1, 0.15) is 0 Å². The fourth-order valence-electron chi connectivity index (χ4n) is 4.18. The summed E-state index contributed by atoms with van der Waals surface area (Å²) in [5.41, 5.74) is 2.49. The summed E-state index contributed by atoms with van der Waals surface area (Å²) < 4.78 is 0. The first-order valence-corrected chi connectivity index (χ1v) is 9.33. The normalized spacial score (nSPS) is 12.0. The molecule has 1 nitrogen and oxygen atoms in total. The Morgan fingerprint density at radius 1 is 0.654 bits per heavy atom. The summed E-state index contributed by atoms with van der Waals surface area (Å²) in [5, 5.41) is 8.92. The first kappa shape index (κ1) is 15.3. The molecule has 0 radical (unpaired) electrons. The van der Waals surface area contributed by atoms with Crippen LogP contribution in [0.1, 0.15) is 19.4 Å². The second-order valence-electron chi connectivity index (χ2n) is 7.58. The minimum atomic E-state index is 0.638. The monoisotopic (exact) mass is 335 g/mol. The lowest BCUT2D eigenvalue weighted by Crippen LogP contribution is -1.96. The molecule has 0 saturated carbocycles. The molecule has 0 spiro atoms. The van der Waals surface area contributed by atoms with Crippen LogP contribution in [0.4, 0.5) is 0 Å². The van der Waals surface area contributed by atoms with Gasteiger partial charge in [0, 0.05) is 22.4 Å². The van der Waals surface area contributed by atoms with Crippen molar-refractivity contribution in [3.8, 4) is 0 Å². The van der Waals surface area contributed by atoms with Crippen LogP contribution in [0.5, 0.6) is 0 Å². The quantitative estimate of drug-likeness (QED) is 0.320. The molecule has 5 aromatic rings. The van der Waals surface area contributed by atoms with Crippen LogP contribution in [0.15, 0.2) is 72.9 Å². The summed E-state index contributed by atoms with van der Waals surface area (Å²) in [7, 11) is 0. The van der Waals surface area contributed by atoms with E-state index in [4.69, 9.17) is 4.98 Å². The van der Waals surface area contributed by atoms with Crippen molar-refractivity contribution in [1.82, 2.24) is 4.98 Å². The van der Waals surface area contributed by atoms with Crippen LogP contribution in [0.3, 0.4) is 0 Å². The largest absolute Gasteiger partial charge is 0.255 e. The molecular weight excluding hydrogens is 314 g/mol. The number of aromatic nitrogens is 1. The van der Waals surface area contributed by atoms with Gasteiger partial charge in [0.15, 0.2) is 0 Å². The maximum Gasteiger partial charge on any atom is 0.0786 e. The first-order chi connectivity index (χ1) is 12.7. The van der Waals surface area contributed by atoms with Gasteiger partial charge in [-0.2, -0.15) is 0 Å². The molecule has 0 fully saturated rings. The molecule has 0 atom stereocenters. The molecule has 26 heavy (non-hydrogen) atoms. The zero-order chi connectivity index (χ0) is 17.7. The fourth-order valence-corrected chi connectivity index (χ4v) is 4.18. The fraction of sp³-hybridized carbons (Fsp3) is 0.160. The second-order valence-corrected chi connectivity index (χ2v) is 7.58. The van der Waals surface area contributed by atoms with Crippen molar-refractivity contribution in [3.05, 3.63) is 78.5 Å². The van der Waals surface area contributed by atoms with E-state index < -0.39 is 0 Å². The molecule has 0 N–H and O–H groups in total. The van der Waals surface area contributed by atoms with Crippen LogP contribution >= 0.6 is 0 Å². The van der Waals surface area contributed by atoms with E-state index in [-0.39, 0.29) is 0 Å². The second kappa shape index (κ2) is 5.81. The lowest BCUT2D eigenvalue weighted by Gasteiger charge is -2.12. The SMILES string of the molecule is CC(C)Cc1cccc2c1cnc1c2ccc2c3ccccc3ccc21. The Labute approximate surface area is 153 Å². The number of nitrogens with zero attached hydrogens (tertiary/aromatic N) is 1. The highest BCUT2D eigenvalue weighted by Gasteiger charge is 2.10. The molecule has 0 aliphatic heterocycles. The van der Waals surface area contributed by atoms with Gasteiger partial charge in [-0.1, -0.05) is 80.6 Å². The molecule has 0 amide bonds. The van der Waals surface area contributed by atoms with Gasteiger partial charge in [0.2, 0.25) is 0 Å². The summed E-state index contributed by atoms with van der Waals surface area (Å²) in [6.45, 7) is 4.54. The van der Waals surface area contributed by atoms with E-state index in [0.717, 1.165) is 11.9 Å². The Kier molecular flexibility index (Phi) is 3.43. The molecule has 0 aliphatic carbocycles. The van der Waals surface area contributed by atoms with Crippen molar-refractivity contribution >= 4 is 43.2 Å². The molecule has 0 saturated heterocycles. The molecule has 1 heteroatoms. The van der Waals surface area contributed by atoms with Crippen molar-refractivity contribution in [2.75, 3.05) is 0 Å². The predicted octanol–water partition coefficient (Wildman–Crippen LogP) is 6.89. The molecule has 0 aliphatic rings. The highest BCUT2D eigenvalue weighted by Crippen LogP contribution is 2.34. The van der Waals surface area contributed by atoms with Crippen LogP contribution in [0, 0.1) is 5.92 Å². The maximum atomic E-state index is 4.91. The topological polar surface area (TPSA) is 12.9 Å². The minimum absolute atomic E-state index is 0.638. The molecule has 0 bridgehead atoms. The Balaban J connectivity index is 1.88. The smallest absolute Gasteiger partial charge is 0.0786 e. The Hall–Kier alpha value is -2.93. The summed E-state index contributed by atoms with van der Waals surface area (Å²) in [6, 6.07) is 24.2. The third-order valence-electron chi connectivity index (χ3n) is 5.34. The standard InChI is InChI=1S/C25H21N/c1-16(2)14-18-7-5-9-20-23-13-12-21-19-8-4-3-6-17(19)10-11-22(21)25(23)26-15-24(18)20/h3-13,15-16H,14H2,1-2H3. The van der Waals surface area contributed by atoms with E-state index >= 15 is 0 Å². The predicted molar refractivity (Wildman–Crippen MR) is 113 cm³/mol. The number of fused-ring (bicyclic) bond motifs is 7. The van der Waals surface area contributed by atoms with Crippen LogP contribution in [0.25, 0.3) is 43.2 Å². The van der Waals surface area contributed by atoms with Gasteiger partial charge in [-0.05, 0) is 39.4 Å². The lowest BCUT2D eigenvalue weighted by molar-refractivity contribution is 0.650. The lowest BCUT2D eigenvalue weighted by atomic mass is 9.94. The van der Waals surface area contributed by atoms with Crippen LogP contribution in [-0.2, 0) is 6.42 Å². The van der Waals surface area contributed by atoms with E-state index in [9.17, 15) is 0 Å². The summed E-state index contributed by atoms with van der Waals surface area (Å²) >= 11 is 0. The van der Waals surface area contributed by atoms with Crippen molar-refractivity contribution in [2.24, 2.45) is 5.92 Å². The summed E-state index contributed by atoms with van der Waals surface area (Å²) in [6.07, 6.45) is 3.16. The molecule has 126 valence electrons. The number of hydrogen-bond donors (Lipinski definition) is 0. The molecule has 5 rings (SSSR count). The van der Waals surface area contributed by atoms with Gasteiger partial charge in [0.05, 0.1) is 5.52 Å². The van der Waals surface area contributed by atoms with Crippen molar-refractivity contribution < 1.29 is 0 Å². The average Bonchev–Trinajstić information content (AvgIpc) is 2.67. The Bertz CT molecular complexity index is 1280. The Morgan fingerprint density at radius 3 is 2.19 bits per heavy atom. The van der Waals surface area contributed by atoms with Gasteiger partial charge in [-0.3, -0.25) is 4.98 Å². The van der Waals surface area contributed by atoms with E-state index in [1.165, 1.54) is 43.3 Å². The first-order valence-electron chi connectivity index (χ1n) is 9.33. The Morgan fingerprint density at radius 2 is 1.35 bits per heavy atom. The van der Waals surface area contributed by atoms with E-state index in [0.29, 0.717) is 5.92 Å². The number of rotatable bonds is 2. The van der Waals surface area contributed by atoms with E-state index in [2.05, 4.69) is 86.8 Å². The third-order valence-corrected chi connectivity index (χ3v) is 5.34. The summed E-state index contributed by atoms with van der Waals surface area (Å²) in [4.78, 5) is 4.91. The summed E-state index contributed by atoms with van der Waals surface area (Å²) in [5.74, 6) is 0.638. The third kappa shape index (κ3) is 2.28. The van der Waals surface area contributed by atoms with Gasteiger partial charge in [-0.15, -0.1) is 0 Å². The van der Waals surface area contributed by atoms with E-state index in [1.807, 2.05) is 0 Å². The van der Waals surface area contributed by atoms with Gasteiger partial charge in [-0.25, -0.2) is 0 Å². The number of benzene rings is 4. The molecule has 1 heterocycles. The van der Waals surface area contributed by atoms with Gasteiger partial charge >= 0.3 is 0 Å². The zero-order valence-corrected chi connectivity index (χ0v) is 15.2. The van der Waals surface area contributed by atoms with Gasteiger partial charge < -0.3 is 0 Å². The molecular formula is C25H21N. The minimum Gasteiger partial charge on any atom is -0.255 e. The van der Waals surface area contributed by atoms with Crippen molar-refractivity contribution in [1.29, 1.82) is 0 Å². The highest BCUT2D eigenvalue weighted by atomic mass is 14.7.